The molecule has 1 fully saturated rings. The Kier molecular flexibility index (Phi) is 9.55. The molecule has 2 aromatic rings. The fraction of sp³-hybridized carbons (Fsp3) is 0.500. The molecule has 0 N–H and O–H groups in total. The van der Waals surface area contributed by atoms with Crippen molar-refractivity contribution < 1.29 is 33.4 Å². The Bertz CT molecular complexity index is 1150. The van der Waals surface area contributed by atoms with Crippen molar-refractivity contribution in [3.8, 4) is 5.75 Å². The van der Waals surface area contributed by atoms with Gasteiger partial charge in [-0.15, -0.1) is 11.8 Å². The first-order valence-corrected chi connectivity index (χ1v) is 12.9. The third-order valence-electron chi connectivity index (χ3n) is 5.23. The molecular weight excluding hydrogens is 496 g/mol. The van der Waals surface area contributed by atoms with E-state index in [2.05, 4.69) is 4.99 Å². The number of hydrogen-bond donors (Lipinski definition) is 0. The van der Waals surface area contributed by atoms with E-state index in [1.807, 2.05) is 6.07 Å². The number of aromatic nitrogens is 1. The minimum absolute atomic E-state index is 0.0182. The largest absolute Gasteiger partial charge is 0.497 e. The van der Waals surface area contributed by atoms with Crippen LogP contribution in [0.1, 0.15) is 6.92 Å². The van der Waals surface area contributed by atoms with E-state index in [4.69, 9.17) is 14.2 Å². The lowest BCUT2D eigenvalue weighted by atomic mass is 10.3. The molecule has 1 aliphatic rings. The maximum atomic E-state index is 12.5. The predicted molar refractivity (Wildman–Crippen MR) is 131 cm³/mol. The normalized spacial score (nSPS) is 14.2. The number of carbonyl (C=O) groups excluding carboxylic acids is 4. The van der Waals surface area contributed by atoms with E-state index in [-0.39, 0.29) is 30.1 Å². The Balaban J connectivity index is 1.60. The molecule has 0 saturated carbocycles. The quantitative estimate of drug-likeness (QED) is 0.475. The number of methoxy groups -OCH3 is 2. The number of carbonyl (C=O) groups is 4. The monoisotopic (exact) mass is 524 g/mol. The lowest BCUT2D eigenvalue weighted by molar-refractivity contribution is -0.141. The van der Waals surface area contributed by atoms with Gasteiger partial charge in [-0.05, 0) is 25.1 Å². The van der Waals surface area contributed by atoms with Crippen LogP contribution in [0.2, 0.25) is 0 Å². The van der Waals surface area contributed by atoms with Crippen molar-refractivity contribution in [2.45, 2.75) is 13.5 Å². The Labute approximate surface area is 210 Å². The predicted octanol–water partition coefficient (Wildman–Crippen LogP) is 1.35. The number of amides is 3. The maximum absolute atomic E-state index is 12.5. The van der Waals surface area contributed by atoms with Gasteiger partial charge in [0, 0.05) is 26.2 Å². The lowest BCUT2D eigenvalue weighted by Crippen LogP contribution is -2.51. The molecule has 35 heavy (non-hydrogen) atoms. The number of hydrogen-bond acceptors (Lipinski definition) is 9. The Morgan fingerprint density at radius 1 is 1.06 bits per heavy atom. The molecular formula is C22H28N4O7S2. The highest BCUT2D eigenvalue weighted by molar-refractivity contribution is 8.00. The first-order chi connectivity index (χ1) is 16.9. The first kappa shape index (κ1) is 26.5. The molecule has 1 aliphatic heterocycles. The highest BCUT2D eigenvalue weighted by atomic mass is 32.2. The van der Waals surface area contributed by atoms with Crippen molar-refractivity contribution >= 4 is 57.2 Å². The maximum Gasteiger partial charge on any atom is 0.409 e. The summed E-state index contributed by atoms with van der Waals surface area (Å²) in [6.45, 7) is 3.66. The molecule has 1 saturated heterocycles. The smallest absolute Gasteiger partial charge is 0.409 e. The molecule has 3 rings (SSSR count). The third-order valence-corrected chi connectivity index (χ3v) is 7.18. The number of fused-ring (bicyclic) bond motifs is 1. The number of ether oxygens (including phenoxy) is 3. The van der Waals surface area contributed by atoms with Crippen LogP contribution in [0.25, 0.3) is 10.2 Å². The van der Waals surface area contributed by atoms with Gasteiger partial charge in [0.25, 0.3) is 5.91 Å². The van der Waals surface area contributed by atoms with Gasteiger partial charge in [-0.3, -0.25) is 14.4 Å². The van der Waals surface area contributed by atoms with Gasteiger partial charge >= 0.3 is 12.1 Å². The third kappa shape index (κ3) is 6.98. The van der Waals surface area contributed by atoms with Gasteiger partial charge in [0.1, 0.15) is 12.3 Å². The molecule has 190 valence electrons. The van der Waals surface area contributed by atoms with Crippen LogP contribution in [0, 0.1) is 0 Å². The summed E-state index contributed by atoms with van der Waals surface area (Å²) < 4.78 is 17.4. The van der Waals surface area contributed by atoms with Crippen LogP contribution in [0.3, 0.4) is 0 Å². The van der Waals surface area contributed by atoms with Gasteiger partial charge in [-0.1, -0.05) is 11.3 Å². The van der Waals surface area contributed by atoms with Gasteiger partial charge < -0.3 is 28.6 Å². The van der Waals surface area contributed by atoms with Crippen LogP contribution in [-0.4, -0.2) is 96.8 Å². The zero-order valence-corrected chi connectivity index (χ0v) is 21.5. The molecule has 1 aromatic heterocycles. The van der Waals surface area contributed by atoms with Crippen molar-refractivity contribution in [1.82, 2.24) is 14.4 Å². The van der Waals surface area contributed by atoms with Crippen LogP contribution in [0.5, 0.6) is 5.75 Å². The van der Waals surface area contributed by atoms with Crippen LogP contribution in [-0.2, 0) is 30.4 Å². The minimum atomic E-state index is -0.461. The van der Waals surface area contributed by atoms with E-state index >= 15 is 0 Å². The van der Waals surface area contributed by atoms with Crippen molar-refractivity contribution in [2.75, 3.05) is 58.5 Å². The average molecular weight is 525 g/mol. The van der Waals surface area contributed by atoms with Crippen LogP contribution in [0.4, 0.5) is 4.79 Å². The van der Waals surface area contributed by atoms with Crippen LogP contribution >= 0.6 is 23.1 Å². The van der Waals surface area contributed by atoms with E-state index < -0.39 is 11.9 Å². The van der Waals surface area contributed by atoms with Crippen molar-refractivity contribution in [1.29, 1.82) is 0 Å². The van der Waals surface area contributed by atoms with Gasteiger partial charge in [-0.25, -0.2) is 4.79 Å². The number of thioether (sulfide) groups is 1. The molecule has 0 spiro atoms. The molecule has 13 heteroatoms. The van der Waals surface area contributed by atoms with Crippen molar-refractivity contribution in [3.05, 3.63) is 23.0 Å². The van der Waals surface area contributed by atoms with E-state index in [1.54, 1.807) is 40.5 Å². The number of thiazole rings is 1. The van der Waals surface area contributed by atoms with Crippen molar-refractivity contribution in [3.63, 3.8) is 0 Å². The molecule has 0 aliphatic carbocycles. The molecule has 11 nitrogen and oxygen atoms in total. The fourth-order valence-corrected chi connectivity index (χ4v) is 5.19. The van der Waals surface area contributed by atoms with E-state index in [0.29, 0.717) is 43.3 Å². The number of nitrogens with zero attached hydrogens (tertiary/aromatic N) is 4. The van der Waals surface area contributed by atoms with Gasteiger partial charge in [0.2, 0.25) is 5.91 Å². The second-order valence-corrected chi connectivity index (χ2v) is 9.44. The second-order valence-electron chi connectivity index (χ2n) is 7.45. The van der Waals surface area contributed by atoms with Gasteiger partial charge in [0.05, 0.1) is 42.5 Å². The summed E-state index contributed by atoms with van der Waals surface area (Å²) in [4.78, 5) is 56.5. The molecule has 0 bridgehead atoms. The Morgan fingerprint density at radius 3 is 2.43 bits per heavy atom. The van der Waals surface area contributed by atoms with Crippen LogP contribution in [0.15, 0.2) is 23.2 Å². The summed E-state index contributed by atoms with van der Waals surface area (Å²) in [6.07, 6.45) is -0.370. The lowest BCUT2D eigenvalue weighted by Gasteiger charge is -2.34. The molecule has 2 heterocycles. The number of piperazine rings is 1. The highest BCUT2D eigenvalue weighted by Crippen LogP contribution is 2.23. The molecule has 0 unspecified atom stereocenters. The molecule has 0 atom stereocenters. The van der Waals surface area contributed by atoms with Gasteiger partial charge in [0.15, 0.2) is 4.80 Å². The Morgan fingerprint density at radius 2 is 1.77 bits per heavy atom. The number of rotatable bonds is 8. The summed E-state index contributed by atoms with van der Waals surface area (Å²) in [5, 5.41) is 0. The van der Waals surface area contributed by atoms with Crippen molar-refractivity contribution in [2.24, 2.45) is 4.99 Å². The summed E-state index contributed by atoms with van der Waals surface area (Å²) >= 11 is 2.44. The summed E-state index contributed by atoms with van der Waals surface area (Å²) in [7, 11) is 2.86. The topological polar surface area (TPSA) is 120 Å². The van der Waals surface area contributed by atoms with E-state index in [1.165, 1.54) is 30.2 Å². The summed E-state index contributed by atoms with van der Waals surface area (Å²) in [5.74, 6) is -0.166. The summed E-state index contributed by atoms with van der Waals surface area (Å²) in [6, 6.07) is 5.38. The Hall–Kier alpha value is -3.06. The number of esters is 1. The summed E-state index contributed by atoms with van der Waals surface area (Å²) in [5.41, 5.74) is 0.734. The van der Waals surface area contributed by atoms with Crippen LogP contribution < -0.4 is 9.54 Å². The molecule has 1 aromatic carbocycles. The molecule has 0 radical (unpaired) electrons. The number of benzene rings is 1. The zero-order chi connectivity index (χ0) is 25.4. The molecule has 3 amide bonds. The SMILES string of the molecule is CCOC(=O)N1CCN(C(=O)CSCC(=O)N=c2sc3cc(OC)ccc3n2CC(=O)OC)CC1. The van der Waals surface area contributed by atoms with Gasteiger partial charge in [-0.2, -0.15) is 4.99 Å². The second kappa shape index (κ2) is 12.6. The zero-order valence-electron chi connectivity index (χ0n) is 19.9. The van der Waals surface area contributed by atoms with E-state index in [0.717, 1.165) is 10.2 Å². The standard InChI is InChI=1S/C22H28N4O7S2/c1-4-33-22(30)25-9-7-24(8-10-25)19(28)14-34-13-18(27)23-21-26(12-20(29)32-3)16-6-5-15(31-2)11-17(16)35-21/h5-6,11H,4,7-10,12-14H2,1-3H3. The minimum Gasteiger partial charge on any atom is -0.497 e. The first-order valence-electron chi connectivity index (χ1n) is 10.9. The highest BCUT2D eigenvalue weighted by Gasteiger charge is 2.24. The average Bonchev–Trinajstić information content (AvgIpc) is 3.19. The fourth-order valence-electron chi connectivity index (χ4n) is 3.42. The van der Waals surface area contributed by atoms with E-state index in [9.17, 15) is 19.2 Å².